The second-order valence-electron chi connectivity index (χ2n) is 4.94. The molecule has 0 heterocycles. The Morgan fingerprint density at radius 3 is 2.75 bits per heavy atom. The van der Waals surface area contributed by atoms with E-state index in [0.29, 0.717) is 6.42 Å². The standard InChI is InChI=1S/C15H23BrN2O2/c1-4-5-12(17)9-15(19)18-10(2)11-6-7-14(20-3)13(16)8-11/h6-8,10,12H,4-5,9,17H2,1-3H3,(H,18,19). The lowest BCUT2D eigenvalue weighted by atomic mass is 10.1. The Bertz CT molecular complexity index is 451. The van der Waals surface area contributed by atoms with E-state index in [4.69, 9.17) is 10.5 Å². The summed E-state index contributed by atoms with van der Waals surface area (Å²) < 4.78 is 6.07. The topological polar surface area (TPSA) is 64.4 Å². The maximum Gasteiger partial charge on any atom is 0.222 e. The van der Waals surface area contributed by atoms with Gasteiger partial charge in [0.15, 0.2) is 0 Å². The Balaban J connectivity index is 2.60. The van der Waals surface area contributed by atoms with E-state index in [-0.39, 0.29) is 18.0 Å². The number of hydrogen-bond acceptors (Lipinski definition) is 3. The molecule has 5 heteroatoms. The van der Waals surface area contributed by atoms with E-state index in [1.807, 2.05) is 25.1 Å². The van der Waals surface area contributed by atoms with E-state index < -0.39 is 0 Å². The normalized spacial score (nSPS) is 13.7. The molecule has 0 aliphatic rings. The molecule has 2 unspecified atom stereocenters. The van der Waals surface area contributed by atoms with E-state index >= 15 is 0 Å². The van der Waals surface area contributed by atoms with Crippen LogP contribution in [0.2, 0.25) is 0 Å². The third kappa shape index (κ3) is 5.13. The number of ether oxygens (including phenoxy) is 1. The zero-order valence-electron chi connectivity index (χ0n) is 12.3. The van der Waals surface area contributed by atoms with Crippen molar-refractivity contribution in [3.63, 3.8) is 0 Å². The molecule has 0 aliphatic heterocycles. The summed E-state index contributed by atoms with van der Waals surface area (Å²) in [6.07, 6.45) is 2.24. The van der Waals surface area contributed by atoms with Crippen LogP contribution in [0.5, 0.6) is 5.75 Å². The zero-order valence-corrected chi connectivity index (χ0v) is 13.9. The minimum atomic E-state index is -0.0604. The summed E-state index contributed by atoms with van der Waals surface area (Å²) in [6, 6.07) is 5.66. The lowest BCUT2D eigenvalue weighted by Crippen LogP contribution is -2.33. The van der Waals surface area contributed by atoms with Gasteiger partial charge in [-0.2, -0.15) is 0 Å². The highest BCUT2D eigenvalue weighted by molar-refractivity contribution is 9.10. The summed E-state index contributed by atoms with van der Waals surface area (Å²) in [5.41, 5.74) is 6.90. The Labute approximate surface area is 129 Å². The number of nitrogens with two attached hydrogens (primary N) is 1. The molecule has 0 bridgehead atoms. The molecule has 0 aromatic heterocycles. The van der Waals surface area contributed by atoms with Crippen LogP contribution in [0.3, 0.4) is 0 Å². The molecule has 1 aromatic rings. The molecular formula is C15H23BrN2O2. The first kappa shape index (κ1) is 17.0. The van der Waals surface area contributed by atoms with Gasteiger partial charge in [0.05, 0.1) is 17.6 Å². The Morgan fingerprint density at radius 2 is 2.20 bits per heavy atom. The van der Waals surface area contributed by atoms with E-state index in [9.17, 15) is 4.79 Å². The molecular weight excluding hydrogens is 320 g/mol. The number of carbonyl (C=O) groups is 1. The predicted octanol–water partition coefficient (Wildman–Crippen LogP) is 3.15. The van der Waals surface area contributed by atoms with Gasteiger partial charge in [0.1, 0.15) is 5.75 Å². The Hall–Kier alpha value is -1.07. The molecule has 112 valence electrons. The molecule has 1 amide bonds. The van der Waals surface area contributed by atoms with E-state index in [1.54, 1.807) is 7.11 Å². The van der Waals surface area contributed by atoms with Gasteiger partial charge >= 0.3 is 0 Å². The van der Waals surface area contributed by atoms with Gasteiger partial charge in [0.25, 0.3) is 0 Å². The van der Waals surface area contributed by atoms with Crippen LogP contribution in [-0.4, -0.2) is 19.1 Å². The van der Waals surface area contributed by atoms with Gasteiger partial charge in [0, 0.05) is 12.5 Å². The average Bonchev–Trinajstić information content (AvgIpc) is 2.38. The van der Waals surface area contributed by atoms with Gasteiger partial charge in [0.2, 0.25) is 5.91 Å². The third-order valence-electron chi connectivity index (χ3n) is 3.16. The summed E-state index contributed by atoms with van der Waals surface area (Å²) in [7, 11) is 1.63. The fraction of sp³-hybridized carbons (Fsp3) is 0.533. The number of halogens is 1. The Kier molecular flexibility index (Phi) is 7.02. The highest BCUT2D eigenvalue weighted by atomic mass is 79.9. The first-order chi connectivity index (χ1) is 9.47. The molecule has 0 radical (unpaired) electrons. The average molecular weight is 343 g/mol. The van der Waals surface area contributed by atoms with Crippen molar-refractivity contribution in [1.29, 1.82) is 0 Å². The minimum absolute atomic E-state index is 0.00890. The summed E-state index contributed by atoms with van der Waals surface area (Å²) in [4.78, 5) is 11.9. The molecule has 3 N–H and O–H groups in total. The summed E-state index contributed by atoms with van der Waals surface area (Å²) in [5, 5.41) is 2.97. The van der Waals surface area contributed by atoms with Gasteiger partial charge in [-0.3, -0.25) is 4.79 Å². The van der Waals surface area contributed by atoms with Crippen molar-refractivity contribution >= 4 is 21.8 Å². The van der Waals surface area contributed by atoms with E-state index in [0.717, 1.165) is 28.6 Å². The summed E-state index contributed by atoms with van der Waals surface area (Å²) in [6.45, 7) is 4.02. The molecule has 0 aliphatic carbocycles. The van der Waals surface area contributed by atoms with Crippen molar-refractivity contribution in [2.24, 2.45) is 5.73 Å². The number of benzene rings is 1. The smallest absolute Gasteiger partial charge is 0.222 e. The molecule has 0 spiro atoms. The number of methoxy groups -OCH3 is 1. The third-order valence-corrected chi connectivity index (χ3v) is 3.78. The number of amides is 1. The van der Waals surface area contributed by atoms with Crippen LogP contribution in [0.15, 0.2) is 22.7 Å². The molecule has 0 saturated heterocycles. The maximum absolute atomic E-state index is 11.9. The van der Waals surface area contributed by atoms with Gasteiger partial charge < -0.3 is 15.8 Å². The predicted molar refractivity (Wildman–Crippen MR) is 84.8 cm³/mol. The molecule has 0 fully saturated rings. The van der Waals surface area contributed by atoms with Crippen LogP contribution in [0.1, 0.15) is 44.7 Å². The van der Waals surface area contributed by atoms with Crippen LogP contribution in [0, 0.1) is 0 Å². The van der Waals surface area contributed by atoms with Gasteiger partial charge in [-0.05, 0) is 47.0 Å². The second kappa shape index (κ2) is 8.27. The van der Waals surface area contributed by atoms with Crippen molar-refractivity contribution in [3.8, 4) is 5.75 Å². The summed E-state index contributed by atoms with van der Waals surface area (Å²) in [5.74, 6) is 0.766. The van der Waals surface area contributed by atoms with Crippen LogP contribution < -0.4 is 15.8 Å². The molecule has 4 nitrogen and oxygen atoms in total. The second-order valence-corrected chi connectivity index (χ2v) is 5.79. The number of nitrogens with one attached hydrogen (secondary N) is 1. The molecule has 20 heavy (non-hydrogen) atoms. The van der Waals surface area contributed by atoms with E-state index in [2.05, 4.69) is 28.2 Å². The van der Waals surface area contributed by atoms with Crippen LogP contribution in [-0.2, 0) is 4.79 Å². The molecule has 1 rings (SSSR count). The lowest BCUT2D eigenvalue weighted by Gasteiger charge is -2.17. The molecule has 0 saturated carbocycles. The van der Waals surface area contributed by atoms with Gasteiger partial charge in [-0.25, -0.2) is 0 Å². The molecule has 1 aromatic carbocycles. The van der Waals surface area contributed by atoms with Crippen LogP contribution >= 0.6 is 15.9 Å². The van der Waals surface area contributed by atoms with Crippen molar-refractivity contribution < 1.29 is 9.53 Å². The SMILES string of the molecule is CCCC(N)CC(=O)NC(C)c1ccc(OC)c(Br)c1. The van der Waals surface area contributed by atoms with Crippen LogP contribution in [0.25, 0.3) is 0 Å². The fourth-order valence-electron chi connectivity index (χ4n) is 2.05. The number of carbonyl (C=O) groups excluding carboxylic acids is 1. The van der Waals surface area contributed by atoms with Crippen molar-refractivity contribution in [2.75, 3.05) is 7.11 Å². The van der Waals surface area contributed by atoms with Crippen LogP contribution in [0.4, 0.5) is 0 Å². The first-order valence-electron chi connectivity index (χ1n) is 6.86. The minimum Gasteiger partial charge on any atom is -0.496 e. The number of hydrogen-bond donors (Lipinski definition) is 2. The quantitative estimate of drug-likeness (QED) is 0.799. The van der Waals surface area contributed by atoms with Gasteiger partial charge in [-0.15, -0.1) is 0 Å². The van der Waals surface area contributed by atoms with Gasteiger partial charge in [-0.1, -0.05) is 19.4 Å². The highest BCUT2D eigenvalue weighted by Gasteiger charge is 2.13. The maximum atomic E-state index is 11.9. The Morgan fingerprint density at radius 1 is 1.50 bits per heavy atom. The highest BCUT2D eigenvalue weighted by Crippen LogP contribution is 2.27. The summed E-state index contributed by atoms with van der Waals surface area (Å²) >= 11 is 3.44. The first-order valence-corrected chi connectivity index (χ1v) is 7.65. The largest absolute Gasteiger partial charge is 0.496 e. The fourth-order valence-corrected chi connectivity index (χ4v) is 2.61. The van der Waals surface area contributed by atoms with Crippen molar-refractivity contribution in [2.45, 2.75) is 45.2 Å². The monoisotopic (exact) mass is 342 g/mol. The zero-order chi connectivity index (χ0) is 15.1. The van der Waals surface area contributed by atoms with Crippen molar-refractivity contribution in [3.05, 3.63) is 28.2 Å². The lowest BCUT2D eigenvalue weighted by molar-refractivity contribution is -0.122. The molecule has 2 atom stereocenters. The van der Waals surface area contributed by atoms with E-state index in [1.165, 1.54) is 0 Å². The number of rotatable bonds is 7. The van der Waals surface area contributed by atoms with Crippen molar-refractivity contribution in [1.82, 2.24) is 5.32 Å².